The summed E-state index contributed by atoms with van der Waals surface area (Å²) >= 11 is 1.31. The van der Waals surface area contributed by atoms with Crippen molar-refractivity contribution >= 4 is 17.3 Å². The van der Waals surface area contributed by atoms with Crippen molar-refractivity contribution in [1.82, 2.24) is 4.98 Å². The summed E-state index contributed by atoms with van der Waals surface area (Å²) in [6.45, 7) is 0. The Morgan fingerprint density at radius 2 is 2.06 bits per heavy atom. The first-order valence-electron chi connectivity index (χ1n) is 4.53. The fourth-order valence-electron chi connectivity index (χ4n) is 1.35. The molecule has 0 amide bonds. The second-order valence-electron chi connectivity index (χ2n) is 3.06. The van der Waals surface area contributed by atoms with Crippen LogP contribution in [0.1, 0.15) is 10.5 Å². The van der Waals surface area contributed by atoms with Gasteiger partial charge in [0.15, 0.2) is 5.69 Å². The minimum absolute atomic E-state index is 0.0927. The maximum atomic E-state index is 10.9. The van der Waals surface area contributed by atoms with Gasteiger partial charge in [0.1, 0.15) is 5.75 Å². The van der Waals surface area contributed by atoms with E-state index in [2.05, 4.69) is 4.98 Å². The fraction of sp³-hybridized carbons (Fsp3) is 0.0909. The zero-order valence-electron chi connectivity index (χ0n) is 8.51. The van der Waals surface area contributed by atoms with E-state index in [1.807, 2.05) is 12.1 Å². The number of nitrogens with zero attached hydrogens (tertiary/aromatic N) is 1. The predicted molar refractivity (Wildman–Crippen MR) is 61.1 cm³/mol. The molecule has 1 N–H and O–H groups in total. The topological polar surface area (TPSA) is 59.4 Å². The molecule has 5 heteroatoms. The third-order valence-electron chi connectivity index (χ3n) is 2.12. The third kappa shape index (κ3) is 1.90. The minimum Gasteiger partial charge on any atom is -0.497 e. The Morgan fingerprint density at radius 3 is 2.62 bits per heavy atom. The summed E-state index contributed by atoms with van der Waals surface area (Å²) in [5, 5.41) is 8.94. The second-order valence-corrected chi connectivity index (χ2v) is 3.92. The smallest absolute Gasteiger partial charge is 0.356 e. The molecule has 0 aliphatic carbocycles. The molecular weight excluding hydrogens is 226 g/mol. The molecule has 16 heavy (non-hydrogen) atoms. The molecule has 4 nitrogen and oxygen atoms in total. The van der Waals surface area contributed by atoms with Gasteiger partial charge in [-0.3, -0.25) is 0 Å². The number of carbonyl (C=O) groups is 1. The highest BCUT2D eigenvalue weighted by Crippen LogP contribution is 2.28. The number of ether oxygens (including phenoxy) is 1. The molecule has 0 unspecified atom stereocenters. The molecule has 0 saturated heterocycles. The number of methoxy groups -OCH3 is 1. The summed E-state index contributed by atoms with van der Waals surface area (Å²) in [6.07, 6.45) is 0. The molecule has 1 aromatic carbocycles. The number of carboxylic acids is 1. The number of aromatic carboxylic acids is 1. The number of hydrogen-bond donors (Lipinski definition) is 1. The molecule has 82 valence electrons. The largest absolute Gasteiger partial charge is 0.497 e. The normalized spacial score (nSPS) is 10.1. The van der Waals surface area contributed by atoms with Crippen LogP contribution in [-0.4, -0.2) is 23.2 Å². The number of rotatable bonds is 3. The van der Waals surface area contributed by atoms with Crippen molar-refractivity contribution in [1.29, 1.82) is 0 Å². The second kappa shape index (κ2) is 4.32. The number of aromatic nitrogens is 1. The first-order valence-corrected chi connectivity index (χ1v) is 5.41. The van der Waals surface area contributed by atoms with Crippen LogP contribution in [0.4, 0.5) is 0 Å². The van der Waals surface area contributed by atoms with Crippen LogP contribution in [0, 0.1) is 0 Å². The number of thiazole rings is 1. The average molecular weight is 235 g/mol. The minimum atomic E-state index is -1.01. The van der Waals surface area contributed by atoms with E-state index in [-0.39, 0.29) is 5.69 Å². The van der Waals surface area contributed by atoms with Gasteiger partial charge in [0.05, 0.1) is 17.5 Å². The van der Waals surface area contributed by atoms with Crippen molar-refractivity contribution < 1.29 is 14.6 Å². The van der Waals surface area contributed by atoms with E-state index >= 15 is 0 Å². The van der Waals surface area contributed by atoms with Gasteiger partial charge < -0.3 is 9.84 Å². The molecule has 0 atom stereocenters. The van der Waals surface area contributed by atoms with E-state index in [4.69, 9.17) is 9.84 Å². The van der Waals surface area contributed by atoms with Gasteiger partial charge in [0, 0.05) is 0 Å². The summed E-state index contributed by atoms with van der Waals surface area (Å²) in [7, 11) is 1.59. The van der Waals surface area contributed by atoms with Gasteiger partial charge in [-0.15, -0.1) is 11.3 Å². The van der Waals surface area contributed by atoms with Gasteiger partial charge in [0.2, 0.25) is 0 Å². The Hall–Kier alpha value is -1.88. The van der Waals surface area contributed by atoms with Gasteiger partial charge in [-0.05, 0) is 29.8 Å². The van der Waals surface area contributed by atoms with Crippen molar-refractivity contribution in [3.8, 4) is 16.2 Å². The fourth-order valence-corrected chi connectivity index (χ4v) is 2.13. The third-order valence-corrected chi connectivity index (χ3v) is 3.00. The Balaban J connectivity index is 2.42. The lowest BCUT2D eigenvalue weighted by molar-refractivity contribution is 0.0692. The quantitative estimate of drug-likeness (QED) is 0.888. The van der Waals surface area contributed by atoms with Crippen molar-refractivity contribution in [2.75, 3.05) is 7.11 Å². The van der Waals surface area contributed by atoms with Crippen molar-refractivity contribution in [3.63, 3.8) is 0 Å². The van der Waals surface area contributed by atoms with Crippen molar-refractivity contribution in [2.45, 2.75) is 0 Å². The highest BCUT2D eigenvalue weighted by molar-refractivity contribution is 7.13. The van der Waals surface area contributed by atoms with Crippen LogP contribution in [0.15, 0.2) is 29.8 Å². The summed E-state index contributed by atoms with van der Waals surface area (Å²) in [6, 6.07) is 7.22. The Kier molecular flexibility index (Phi) is 2.87. The van der Waals surface area contributed by atoms with Crippen molar-refractivity contribution in [3.05, 3.63) is 35.5 Å². The van der Waals surface area contributed by atoms with E-state index in [0.717, 1.165) is 11.3 Å². The molecule has 0 fully saturated rings. The van der Waals surface area contributed by atoms with Crippen LogP contribution in [0.25, 0.3) is 10.4 Å². The monoisotopic (exact) mass is 235 g/mol. The van der Waals surface area contributed by atoms with Crippen LogP contribution in [0.3, 0.4) is 0 Å². The van der Waals surface area contributed by atoms with Gasteiger partial charge >= 0.3 is 5.97 Å². The molecule has 0 aliphatic heterocycles. The Morgan fingerprint density at radius 1 is 1.38 bits per heavy atom. The molecule has 1 aromatic heterocycles. The zero-order valence-corrected chi connectivity index (χ0v) is 9.32. The maximum absolute atomic E-state index is 10.9. The number of benzene rings is 1. The SMILES string of the molecule is COc1ccc(-c2scnc2C(=O)O)cc1. The van der Waals surface area contributed by atoms with E-state index < -0.39 is 5.97 Å². The summed E-state index contributed by atoms with van der Waals surface area (Å²) in [4.78, 5) is 15.4. The average Bonchev–Trinajstić information content (AvgIpc) is 2.78. The first kappa shape index (κ1) is 10.6. The predicted octanol–water partition coefficient (Wildman–Crippen LogP) is 2.52. The molecule has 2 rings (SSSR count). The lowest BCUT2D eigenvalue weighted by Crippen LogP contribution is -1.98. The van der Waals surface area contributed by atoms with Gasteiger partial charge in [-0.2, -0.15) is 0 Å². The van der Waals surface area contributed by atoms with Crippen LogP contribution in [0.2, 0.25) is 0 Å². The van der Waals surface area contributed by atoms with Crippen LogP contribution in [0.5, 0.6) is 5.75 Å². The molecule has 0 radical (unpaired) electrons. The molecule has 2 aromatic rings. The first-order chi connectivity index (χ1) is 7.72. The van der Waals surface area contributed by atoms with Crippen LogP contribution in [-0.2, 0) is 0 Å². The highest BCUT2D eigenvalue weighted by atomic mass is 32.1. The molecule has 0 aliphatic rings. The van der Waals surface area contributed by atoms with Gasteiger partial charge in [-0.25, -0.2) is 9.78 Å². The summed E-state index contributed by atoms with van der Waals surface area (Å²) < 4.78 is 5.04. The molecule has 0 spiro atoms. The van der Waals surface area contributed by atoms with Gasteiger partial charge in [-0.1, -0.05) is 0 Å². The van der Waals surface area contributed by atoms with E-state index in [1.54, 1.807) is 19.2 Å². The summed E-state index contributed by atoms with van der Waals surface area (Å²) in [5.41, 5.74) is 2.46. The maximum Gasteiger partial charge on any atom is 0.356 e. The van der Waals surface area contributed by atoms with E-state index in [0.29, 0.717) is 4.88 Å². The Bertz CT molecular complexity index is 504. The highest BCUT2D eigenvalue weighted by Gasteiger charge is 2.14. The van der Waals surface area contributed by atoms with Crippen LogP contribution < -0.4 is 4.74 Å². The summed E-state index contributed by atoms with van der Waals surface area (Å²) in [5.74, 6) is -0.266. The lowest BCUT2D eigenvalue weighted by Gasteiger charge is -2.01. The number of hydrogen-bond acceptors (Lipinski definition) is 4. The van der Waals surface area contributed by atoms with Crippen LogP contribution >= 0.6 is 11.3 Å². The zero-order chi connectivity index (χ0) is 11.5. The standard InChI is InChI=1S/C11H9NO3S/c1-15-8-4-2-7(3-5-8)10-9(11(13)14)12-6-16-10/h2-6H,1H3,(H,13,14). The van der Waals surface area contributed by atoms with Gasteiger partial charge in [0.25, 0.3) is 0 Å². The molecule has 0 saturated carbocycles. The molecule has 0 bridgehead atoms. The Labute approximate surface area is 96.1 Å². The van der Waals surface area contributed by atoms with E-state index in [9.17, 15) is 4.79 Å². The number of carboxylic acid groups (broad SMARTS) is 1. The lowest BCUT2D eigenvalue weighted by atomic mass is 10.1. The molecule has 1 heterocycles. The van der Waals surface area contributed by atoms with Crippen molar-refractivity contribution in [2.24, 2.45) is 0 Å². The van der Waals surface area contributed by atoms with E-state index in [1.165, 1.54) is 16.8 Å². The molecular formula is C11H9NO3S.